The largest absolute Gasteiger partial charge is 0.379 e. The highest BCUT2D eigenvalue weighted by atomic mass is 19.1. The van der Waals surface area contributed by atoms with Gasteiger partial charge in [0.2, 0.25) is 0 Å². The van der Waals surface area contributed by atoms with Crippen LogP contribution in [0.3, 0.4) is 0 Å². The minimum absolute atomic E-state index is 0.179. The van der Waals surface area contributed by atoms with Gasteiger partial charge in [-0.1, -0.05) is 6.07 Å². The van der Waals surface area contributed by atoms with Gasteiger partial charge in [-0.3, -0.25) is 0 Å². The molecule has 0 unspecified atom stereocenters. The first-order valence-corrected chi connectivity index (χ1v) is 7.70. The maximum Gasteiger partial charge on any atom is 0.321 e. The van der Waals surface area contributed by atoms with Gasteiger partial charge in [-0.15, -0.1) is 0 Å². The van der Waals surface area contributed by atoms with Crippen LogP contribution in [0.5, 0.6) is 0 Å². The zero-order valence-electron chi connectivity index (χ0n) is 12.9. The van der Waals surface area contributed by atoms with Crippen LogP contribution in [-0.2, 0) is 9.47 Å². The number of rotatable bonds is 6. The Balaban J connectivity index is 1.71. The highest BCUT2D eigenvalue weighted by Gasteiger charge is 2.23. The van der Waals surface area contributed by atoms with E-state index in [1.165, 1.54) is 12.1 Å². The van der Waals surface area contributed by atoms with Crippen LogP contribution in [0.1, 0.15) is 19.8 Å². The van der Waals surface area contributed by atoms with Gasteiger partial charge in [0.15, 0.2) is 0 Å². The Bertz CT molecular complexity index is 476. The molecule has 1 saturated heterocycles. The first-order chi connectivity index (χ1) is 10.7. The third-order valence-corrected chi connectivity index (χ3v) is 3.59. The van der Waals surface area contributed by atoms with Crippen LogP contribution < -0.4 is 5.32 Å². The van der Waals surface area contributed by atoms with E-state index in [1.54, 1.807) is 17.0 Å². The maximum atomic E-state index is 13.1. The second-order valence-corrected chi connectivity index (χ2v) is 5.19. The molecule has 0 radical (unpaired) electrons. The summed E-state index contributed by atoms with van der Waals surface area (Å²) in [5, 5.41) is 2.71. The highest BCUT2D eigenvalue weighted by Crippen LogP contribution is 2.16. The normalized spacial score (nSPS) is 15.8. The standard InChI is InChI=1S/C16H23FN2O3/c1-2-21-10-11-22-15-6-8-19(9-7-15)16(20)18-14-5-3-4-13(17)12-14/h3-5,12,15H,2,6-11H2,1H3,(H,18,20). The molecule has 0 bridgehead atoms. The lowest BCUT2D eigenvalue weighted by Gasteiger charge is -2.32. The monoisotopic (exact) mass is 310 g/mol. The van der Waals surface area contributed by atoms with E-state index >= 15 is 0 Å². The van der Waals surface area contributed by atoms with Crippen LogP contribution in [0, 0.1) is 5.82 Å². The van der Waals surface area contributed by atoms with Gasteiger partial charge in [0.1, 0.15) is 5.82 Å². The Kier molecular flexibility index (Phi) is 6.61. The molecule has 1 fully saturated rings. The molecule has 1 aliphatic heterocycles. The minimum Gasteiger partial charge on any atom is -0.379 e. The predicted molar refractivity (Wildman–Crippen MR) is 82.5 cm³/mol. The molecule has 0 aromatic heterocycles. The Labute approximate surface area is 130 Å². The minimum atomic E-state index is -0.362. The fourth-order valence-corrected chi connectivity index (χ4v) is 2.41. The zero-order chi connectivity index (χ0) is 15.8. The fourth-order valence-electron chi connectivity index (χ4n) is 2.41. The van der Waals surface area contributed by atoms with Crippen molar-refractivity contribution in [1.29, 1.82) is 0 Å². The summed E-state index contributed by atoms with van der Waals surface area (Å²) in [7, 11) is 0. The van der Waals surface area contributed by atoms with E-state index in [0.29, 0.717) is 38.6 Å². The second kappa shape index (κ2) is 8.70. The number of carbonyl (C=O) groups excluding carboxylic acids is 1. The third kappa shape index (κ3) is 5.27. The van der Waals surface area contributed by atoms with E-state index in [2.05, 4.69) is 5.32 Å². The van der Waals surface area contributed by atoms with Crippen molar-refractivity contribution >= 4 is 11.7 Å². The lowest BCUT2D eigenvalue weighted by atomic mass is 10.1. The molecule has 22 heavy (non-hydrogen) atoms. The molecule has 0 saturated carbocycles. The third-order valence-electron chi connectivity index (χ3n) is 3.59. The Morgan fingerprint density at radius 3 is 2.82 bits per heavy atom. The summed E-state index contributed by atoms with van der Waals surface area (Å²) >= 11 is 0. The lowest BCUT2D eigenvalue weighted by Crippen LogP contribution is -2.43. The molecular formula is C16H23FN2O3. The number of likely N-dealkylation sites (tertiary alicyclic amines) is 1. The Hall–Kier alpha value is -1.66. The molecule has 5 nitrogen and oxygen atoms in total. The number of hydrogen-bond acceptors (Lipinski definition) is 3. The summed E-state index contributed by atoms with van der Waals surface area (Å²) in [4.78, 5) is 13.8. The molecule has 1 N–H and O–H groups in total. The molecular weight excluding hydrogens is 287 g/mol. The van der Waals surface area contributed by atoms with Crippen LogP contribution in [0.2, 0.25) is 0 Å². The summed E-state index contributed by atoms with van der Waals surface area (Å²) in [6.07, 6.45) is 1.80. The number of benzene rings is 1. The van der Waals surface area contributed by atoms with E-state index in [0.717, 1.165) is 12.8 Å². The second-order valence-electron chi connectivity index (χ2n) is 5.19. The van der Waals surface area contributed by atoms with Crippen LogP contribution in [0.15, 0.2) is 24.3 Å². The molecule has 0 aliphatic carbocycles. The van der Waals surface area contributed by atoms with Crippen molar-refractivity contribution in [2.75, 3.05) is 38.2 Å². The van der Waals surface area contributed by atoms with Crippen molar-refractivity contribution in [3.05, 3.63) is 30.1 Å². The number of anilines is 1. The van der Waals surface area contributed by atoms with Crippen molar-refractivity contribution in [2.24, 2.45) is 0 Å². The lowest BCUT2D eigenvalue weighted by molar-refractivity contribution is -0.0152. The molecule has 6 heteroatoms. The first-order valence-electron chi connectivity index (χ1n) is 7.70. The Morgan fingerprint density at radius 1 is 1.36 bits per heavy atom. The van der Waals surface area contributed by atoms with Gasteiger partial charge in [0.25, 0.3) is 0 Å². The van der Waals surface area contributed by atoms with Gasteiger partial charge in [0.05, 0.1) is 19.3 Å². The average molecular weight is 310 g/mol. The summed E-state index contributed by atoms with van der Waals surface area (Å²) in [6.45, 7) is 5.13. The number of hydrogen-bond donors (Lipinski definition) is 1. The average Bonchev–Trinajstić information content (AvgIpc) is 2.52. The van der Waals surface area contributed by atoms with Gasteiger partial charge >= 0.3 is 6.03 Å². The van der Waals surface area contributed by atoms with Gasteiger partial charge in [-0.25, -0.2) is 9.18 Å². The van der Waals surface area contributed by atoms with Crippen molar-refractivity contribution < 1.29 is 18.7 Å². The van der Waals surface area contributed by atoms with Gasteiger partial charge in [-0.05, 0) is 38.0 Å². The SMILES string of the molecule is CCOCCOC1CCN(C(=O)Nc2cccc(F)c2)CC1. The number of nitrogens with zero attached hydrogens (tertiary/aromatic N) is 1. The predicted octanol–water partition coefficient (Wildman–Crippen LogP) is 2.88. The maximum absolute atomic E-state index is 13.1. The highest BCUT2D eigenvalue weighted by molar-refractivity contribution is 5.89. The van der Waals surface area contributed by atoms with Crippen molar-refractivity contribution in [3.63, 3.8) is 0 Å². The van der Waals surface area contributed by atoms with Gasteiger partial charge in [-0.2, -0.15) is 0 Å². The van der Waals surface area contributed by atoms with Crippen LogP contribution >= 0.6 is 0 Å². The van der Waals surface area contributed by atoms with E-state index in [9.17, 15) is 9.18 Å². The topological polar surface area (TPSA) is 50.8 Å². The number of ether oxygens (including phenoxy) is 2. The summed E-state index contributed by atoms with van der Waals surface area (Å²) in [6, 6.07) is 5.70. The number of nitrogens with one attached hydrogen (secondary N) is 1. The van der Waals surface area contributed by atoms with E-state index < -0.39 is 0 Å². The fraction of sp³-hybridized carbons (Fsp3) is 0.562. The summed E-state index contributed by atoms with van der Waals surface area (Å²) in [5.41, 5.74) is 0.472. The number of urea groups is 1. The number of piperidine rings is 1. The smallest absolute Gasteiger partial charge is 0.321 e. The molecule has 1 aliphatic rings. The first kappa shape index (κ1) is 16.7. The number of carbonyl (C=O) groups is 1. The van der Waals surface area contributed by atoms with Gasteiger partial charge < -0.3 is 19.7 Å². The Morgan fingerprint density at radius 2 is 2.14 bits per heavy atom. The summed E-state index contributed by atoms with van der Waals surface area (Å²) < 4.78 is 24.0. The molecule has 0 atom stereocenters. The van der Waals surface area contributed by atoms with Crippen LogP contribution in [0.25, 0.3) is 0 Å². The molecule has 1 heterocycles. The molecule has 122 valence electrons. The van der Waals surface area contributed by atoms with Crippen molar-refractivity contribution in [3.8, 4) is 0 Å². The quantitative estimate of drug-likeness (QED) is 0.822. The zero-order valence-corrected chi connectivity index (χ0v) is 12.9. The van der Waals surface area contributed by atoms with E-state index in [1.807, 2.05) is 6.92 Å². The van der Waals surface area contributed by atoms with E-state index in [4.69, 9.17) is 9.47 Å². The number of amides is 2. The molecule has 1 aromatic carbocycles. The van der Waals surface area contributed by atoms with E-state index in [-0.39, 0.29) is 18.0 Å². The summed E-state index contributed by atoms with van der Waals surface area (Å²) in [5.74, 6) is -0.362. The molecule has 2 rings (SSSR count). The van der Waals surface area contributed by atoms with Crippen molar-refractivity contribution in [2.45, 2.75) is 25.9 Å². The van der Waals surface area contributed by atoms with Crippen LogP contribution in [-0.4, -0.2) is 49.9 Å². The molecule has 0 spiro atoms. The van der Waals surface area contributed by atoms with Crippen molar-refractivity contribution in [1.82, 2.24) is 4.90 Å². The number of halogens is 1. The molecule has 1 aromatic rings. The van der Waals surface area contributed by atoms with Gasteiger partial charge in [0, 0.05) is 25.4 Å². The van der Waals surface area contributed by atoms with Crippen LogP contribution in [0.4, 0.5) is 14.9 Å². The molecule has 2 amide bonds.